The van der Waals surface area contributed by atoms with Crippen molar-refractivity contribution in [2.75, 3.05) is 7.11 Å². The Hall–Kier alpha value is -1.85. The van der Waals surface area contributed by atoms with Crippen LogP contribution in [0.3, 0.4) is 0 Å². The van der Waals surface area contributed by atoms with Crippen LogP contribution in [0.15, 0.2) is 46.9 Å². The molecule has 0 aliphatic rings. The summed E-state index contributed by atoms with van der Waals surface area (Å²) in [6.07, 6.45) is -0.925. The molecule has 1 unspecified atom stereocenters. The molecule has 0 saturated carbocycles. The first-order chi connectivity index (χ1) is 10.9. The smallest absolute Gasteiger partial charge is 0.340 e. The second-order valence-corrected chi connectivity index (χ2v) is 6.09. The first-order valence-electron chi connectivity index (χ1n) is 6.76. The van der Waals surface area contributed by atoms with E-state index in [1.54, 1.807) is 49.6 Å². The summed E-state index contributed by atoms with van der Waals surface area (Å²) in [6.45, 7) is 1.52. The normalized spacial score (nSPS) is 11.7. The van der Waals surface area contributed by atoms with E-state index in [4.69, 9.17) is 21.1 Å². The van der Waals surface area contributed by atoms with E-state index >= 15 is 0 Å². The summed E-state index contributed by atoms with van der Waals surface area (Å²) in [7, 11) is 1.54. The van der Waals surface area contributed by atoms with Crippen LogP contribution in [0.2, 0.25) is 5.02 Å². The minimum atomic E-state index is -0.925. The molecule has 0 aromatic heterocycles. The SMILES string of the molecule is COc1ccc(C(=O)C(C)OC(=O)c2cc(Br)ccc2Cl)cc1. The molecule has 0 radical (unpaired) electrons. The molecule has 1 atom stereocenters. The molecular weight excluding hydrogens is 384 g/mol. The third kappa shape index (κ3) is 4.33. The van der Waals surface area contributed by atoms with Gasteiger partial charge in [0.15, 0.2) is 6.10 Å². The highest BCUT2D eigenvalue weighted by molar-refractivity contribution is 9.10. The molecule has 0 saturated heterocycles. The number of hydrogen-bond donors (Lipinski definition) is 0. The zero-order valence-corrected chi connectivity index (χ0v) is 14.8. The summed E-state index contributed by atoms with van der Waals surface area (Å²) in [5.74, 6) is -0.301. The molecule has 0 aliphatic heterocycles. The molecule has 4 nitrogen and oxygen atoms in total. The fraction of sp³-hybridized carbons (Fsp3) is 0.176. The minimum Gasteiger partial charge on any atom is -0.497 e. The van der Waals surface area contributed by atoms with Crippen LogP contribution < -0.4 is 4.74 Å². The van der Waals surface area contributed by atoms with Crippen LogP contribution in [-0.4, -0.2) is 25.0 Å². The number of carbonyl (C=O) groups excluding carboxylic acids is 2. The molecule has 6 heteroatoms. The lowest BCUT2D eigenvalue weighted by molar-refractivity contribution is 0.0319. The molecule has 120 valence electrons. The van der Waals surface area contributed by atoms with Crippen LogP contribution in [0.1, 0.15) is 27.6 Å². The number of methoxy groups -OCH3 is 1. The number of Topliss-reactive ketones (excluding diaryl/α,β-unsaturated/α-hetero) is 1. The van der Waals surface area contributed by atoms with Crippen molar-refractivity contribution in [3.05, 3.63) is 63.1 Å². The van der Waals surface area contributed by atoms with Crippen molar-refractivity contribution < 1.29 is 19.1 Å². The van der Waals surface area contributed by atoms with Gasteiger partial charge in [-0.25, -0.2) is 4.79 Å². The maximum Gasteiger partial charge on any atom is 0.340 e. The Balaban J connectivity index is 2.10. The number of halogens is 2. The number of esters is 1. The second kappa shape index (κ2) is 7.62. The van der Waals surface area contributed by atoms with Crippen LogP contribution in [0.5, 0.6) is 5.75 Å². The third-order valence-electron chi connectivity index (χ3n) is 3.18. The number of ketones is 1. The van der Waals surface area contributed by atoms with Gasteiger partial charge in [0.05, 0.1) is 17.7 Å². The maximum absolute atomic E-state index is 12.3. The fourth-order valence-corrected chi connectivity index (χ4v) is 2.48. The largest absolute Gasteiger partial charge is 0.497 e. The Morgan fingerprint density at radius 1 is 1.13 bits per heavy atom. The van der Waals surface area contributed by atoms with E-state index < -0.39 is 12.1 Å². The monoisotopic (exact) mass is 396 g/mol. The summed E-state index contributed by atoms with van der Waals surface area (Å²) in [4.78, 5) is 24.5. The molecule has 2 aromatic rings. The van der Waals surface area contributed by atoms with Crippen LogP contribution >= 0.6 is 27.5 Å². The number of ether oxygens (including phenoxy) is 2. The van der Waals surface area contributed by atoms with E-state index in [2.05, 4.69) is 15.9 Å². The first kappa shape index (κ1) is 17.5. The van der Waals surface area contributed by atoms with Crippen LogP contribution in [0, 0.1) is 0 Å². The molecule has 0 N–H and O–H groups in total. The van der Waals surface area contributed by atoms with Crippen molar-refractivity contribution in [3.8, 4) is 5.75 Å². The Bertz CT molecular complexity index is 728. The molecule has 2 rings (SSSR count). The second-order valence-electron chi connectivity index (χ2n) is 4.76. The van der Waals surface area contributed by atoms with Gasteiger partial charge in [0, 0.05) is 10.0 Å². The van der Waals surface area contributed by atoms with Gasteiger partial charge in [-0.1, -0.05) is 27.5 Å². The summed E-state index contributed by atoms with van der Waals surface area (Å²) < 4.78 is 11.0. The van der Waals surface area contributed by atoms with E-state index in [1.165, 1.54) is 6.92 Å². The van der Waals surface area contributed by atoms with E-state index in [0.717, 1.165) is 0 Å². The predicted octanol–water partition coefficient (Wildman–Crippen LogP) is 4.54. The van der Waals surface area contributed by atoms with Crippen molar-refractivity contribution in [2.24, 2.45) is 0 Å². The summed E-state index contributed by atoms with van der Waals surface area (Å²) in [6, 6.07) is 11.4. The molecule has 0 amide bonds. The minimum absolute atomic E-state index is 0.204. The Morgan fingerprint density at radius 3 is 2.39 bits per heavy atom. The van der Waals surface area contributed by atoms with Gasteiger partial charge < -0.3 is 9.47 Å². The third-order valence-corrected chi connectivity index (χ3v) is 4.00. The van der Waals surface area contributed by atoms with Gasteiger partial charge >= 0.3 is 5.97 Å². The Morgan fingerprint density at radius 2 is 1.78 bits per heavy atom. The quantitative estimate of drug-likeness (QED) is 0.549. The van der Waals surface area contributed by atoms with Gasteiger partial charge in [-0.05, 0) is 49.4 Å². The van der Waals surface area contributed by atoms with Crippen LogP contribution in [0.25, 0.3) is 0 Å². The average Bonchev–Trinajstić information content (AvgIpc) is 2.56. The van der Waals surface area contributed by atoms with Crippen molar-refractivity contribution >= 4 is 39.3 Å². The van der Waals surface area contributed by atoms with E-state index in [0.29, 0.717) is 15.8 Å². The van der Waals surface area contributed by atoms with Crippen molar-refractivity contribution in [1.82, 2.24) is 0 Å². The molecule has 0 aliphatic carbocycles. The zero-order chi connectivity index (χ0) is 17.0. The van der Waals surface area contributed by atoms with Crippen LogP contribution in [-0.2, 0) is 4.74 Å². The van der Waals surface area contributed by atoms with E-state index in [1.807, 2.05) is 0 Å². The molecular formula is C17H14BrClO4. The van der Waals surface area contributed by atoms with Gasteiger partial charge in [-0.3, -0.25) is 4.79 Å². The van der Waals surface area contributed by atoms with Gasteiger partial charge in [0.1, 0.15) is 5.75 Å². The molecule has 23 heavy (non-hydrogen) atoms. The summed E-state index contributed by atoms with van der Waals surface area (Å²) in [5, 5.41) is 0.266. The van der Waals surface area contributed by atoms with Gasteiger partial charge in [0.2, 0.25) is 5.78 Å². The highest BCUT2D eigenvalue weighted by Gasteiger charge is 2.22. The van der Waals surface area contributed by atoms with Crippen molar-refractivity contribution in [1.29, 1.82) is 0 Å². The van der Waals surface area contributed by atoms with Crippen molar-refractivity contribution in [2.45, 2.75) is 13.0 Å². The first-order valence-corrected chi connectivity index (χ1v) is 7.93. The predicted molar refractivity (Wildman–Crippen MR) is 91.4 cm³/mol. The van der Waals surface area contributed by atoms with E-state index in [-0.39, 0.29) is 16.4 Å². The highest BCUT2D eigenvalue weighted by atomic mass is 79.9. The molecule has 2 aromatic carbocycles. The number of hydrogen-bond acceptors (Lipinski definition) is 4. The summed E-state index contributed by atoms with van der Waals surface area (Å²) in [5.41, 5.74) is 0.641. The van der Waals surface area contributed by atoms with Crippen molar-refractivity contribution in [3.63, 3.8) is 0 Å². The highest BCUT2D eigenvalue weighted by Crippen LogP contribution is 2.22. The van der Waals surface area contributed by atoms with Gasteiger partial charge in [0.25, 0.3) is 0 Å². The average molecular weight is 398 g/mol. The molecule has 0 heterocycles. The van der Waals surface area contributed by atoms with Gasteiger partial charge in [-0.15, -0.1) is 0 Å². The molecule has 0 bridgehead atoms. The number of rotatable bonds is 5. The Kier molecular flexibility index (Phi) is 5.80. The fourth-order valence-electron chi connectivity index (χ4n) is 1.92. The topological polar surface area (TPSA) is 52.6 Å². The van der Waals surface area contributed by atoms with Gasteiger partial charge in [-0.2, -0.15) is 0 Å². The maximum atomic E-state index is 12.3. The molecule has 0 spiro atoms. The lowest BCUT2D eigenvalue weighted by atomic mass is 10.1. The van der Waals surface area contributed by atoms with E-state index in [9.17, 15) is 9.59 Å². The standard InChI is InChI=1S/C17H14BrClO4/c1-10(16(20)11-3-6-13(22-2)7-4-11)23-17(21)14-9-12(18)5-8-15(14)19/h3-10H,1-2H3. The zero-order valence-electron chi connectivity index (χ0n) is 12.5. The Labute approximate surface area is 147 Å². The lowest BCUT2D eigenvalue weighted by Crippen LogP contribution is -2.24. The number of benzene rings is 2. The lowest BCUT2D eigenvalue weighted by Gasteiger charge is -2.13. The van der Waals surface area contributed by atoms with Crippen LogP contribution in [0.4, 0.5) is 0 Å². The number of carbonyl (C=O) groups is 2. The summed E-state index contributed by atoms with van der Waals surface area (Å²) >= 11 is 9.25. The molecule has 0 fully saturated rings.